The molecule has 0 N–H and O–H groups in total. The standard InChI is InChI=1S/C8H4FN2/c9-7-2-1-6-4-10-5-11-8(6)3-7/h1-3,5H. The van der Waals surface area contributed by atoms with Gasteiger partial charge in [-0.25, -0.2) is 14.4 Å². The second kappa shape index (κ2) is 2.27. The molecule has 1 aromatic heterocycles. The molecule has 0 spiro atoms. The zero-order valence-corrected chi connectivity index (χ0v) is 5.58. The molecule has 0 aliphatic heterocycles. The lowest BCUT2D eigenvalue weighted by Crippen LogP contribution is -1.81. The van der Waals surface area contributed by atoms with Gasteiger partial charge in [-0.05, 0) is 12.1 Å². The molecular weight excluding hydrogens is 143 g/mol. The third-order valence-corrected chi connectivity index (χ3v) is 1.40. The molecular formula is C8H4FN2. The highest BCUT2D eigenvalue weighted by Gasteiger charge is 1.94. The van der Waals surface area contributed by atoms with Crippen LogP contribution in [0.5, 0.6) is 0 Å². The summed E-state index contributed by atoms with van der Waals surface area (Å²) in [6.07, 6.45) is 4.05. The van der Waals surface area contributed by atoms with Crippen molar-refractivity contribution in [1.29, 1.82) is 0 Å². The maximum absolute atomic E-state index is 12.6. The largest absolute Gasteiger partial charge is 0.236 e. The Balaban J connectivity index is 2.83. The zero-order chi connectivity index (χ0) is 7.68. The molecule has 0 saturated carbocycles. The molecule has 0 saturated heterocycles. The Hall–Kier alpha value is -1.51. The van der Waals surface area contributed by atoms with Crippen molar-refractivity contribution >= 4 is 10.9 Å². The van der Waals surface area contributed by atoms with Crippen molar-refractivity contribution in [3.8, 4) is 0 Å². The Morgan fingerprint density at radius 2 is 2.27 bits per heavy atom. The van der Waals surface area contributed by atoms with E-state index in [2.05, 4.69) is 16.2 Å². The number of aromatic nitrogens is 2. The van der Waals surface area contributed by atoms with Gasteiger partial charge < -0.3 is 0 Å². The summed E-state index contributed by atoms with van der Waals surface area (Å²) < 4.78 is 12.6. The minimum Gasteiger partial charge on any atom is -0.236 e. The van der Waals surface area contributed by atoms with Gasteiger partial charge in [0.1, 0.15) is 18.3 Å². The lowest BCUT2D eigenvalue weighted by atomic mass is 10.2. The van der Waals surface area contributed by atoms with Crippen molar-refractivity contribution < 1.29 is 4.39 Å². The smallest absolute Gasteiger partial charge is 0.125 e. The molecule has 2 aromatic rings. The Morgan fingerprint density at radius 3 is 3.18 bits per heavy atom. The Morgan fingerprint density at radius 1 is 1.36 bits per heavy atom. The number of fused-ring (bicyclic) bond motifs is 1. The third kappa shape index (κ3) is 1.05. The first-order valence-corrected chi connectivity index (χ1v) is 3.14. The van der Waals surface area contributed by atoms with Crippen LogP contribution < -0.4 is 0 Å². The van der Waals surface area contributed by atoms with E-state index >= 15 is 0 Å². The molecule has 0 amide bonds. The van der Waals surface area contributed by atoms with Crippen LogP contribution in [-0.2, 0) is 0 Å². The van der Waals surface area contributed by atoms with Crippen molar-refractivity contribution in [2.24, 2.45) is 0 Å². The van der Waals surface area contributed by atoms with Crippen LogP contribution in [0.15, 0.2) is 24.5 Å². The summed E-state index contributed by atoms with van der Waals surface area (Å²) in [6, 6.07) is 4.32. The van der Waals surface area contributed by atoms with Crippen LogP contribution in [-0.4, -0.2) is 9.97 Å². The van der Waals surface area contributed by atoms with Crippen LogP contribution in [0.4, 0.5) is 4.39 Å². The van der Waals surface area contributed by atoms with Crippen LogP contribution in [0.1, 0.15) is 0 Å². The van der Waals surface area contributed by atoms with Crippen LogP contribution in [0.25, 0.3) is 10.9 Å². The summed E-state index contributed by atoms with van der Waals surface area (Å²) in [7, 11) is 0. The fourth-order valence-corrected chi connectivity index (χ4v) is 0.896. The second-order valence-corrected chi connectivity index (χ2v) is 2.15. The summed E-state index contributed by atoms with van der Waals surface area (Å²) in [6.45, 7) is 0. The first kappa shape index (κ1) is 6.22. The van der Waals surface area contributed by atoms with Crippen LogP contribution in [0.2, 0.25) is 0 Å². The SMILES string of the molecule is Fc1ccc2[c]ncnc2c1. The number of hydrogen-bond donors (Lipinski definition) is 0. The fraction of sp³-hybridized carbons (Fsp3) is 0. The molecule has 0 bridgehead atoms. The Bertz CT molecular complexity index is 387. The van der Waals surface area contributed by atoms with E-state index in [1.807, 2.05) is 0 Å². The van der Waals surface area contributed by atoms with E-state index in [-0.39, 0.29) is 5.82 Å². The quantitative estimate of drug-likeness (QED) is 0.565. The molecule has 1 radical (unpaired) electrons. The van der Waals surface area contributed by atoms with E-state index in [4.69, 9.17) is 0 Å². The van der Waals surface area contributed by atoms with Crippen molar-refractivity contribution in [1.82, 2.24) is 9.97 Å². The predicted molar refractivity (Wildman–Crippen MR) is 38.3 cm³/mol. The van der Waals surface area contributed by atoms with Gasteiger partial charge >= 0.3 is 0 Å². The predicted octanol–water partition coefficient (Wildman–Crippen LogP) is 1.57. The normalized spacial score (nSPS) is 10.3. The average Bonchev–Trinajstić information content (AvgIpc) is 2.04. The van der Waals surface area contributed by atoms with Gasteiger partial charge in [0.05, 0.1) is 5.52 Å². The number of rotatable bonds is 0. The van der Waals surface area contributed by atoms with Gasteiger partial charge in [0.15, 0.2) is 0 Å². The first-order chi connectivity index (χ1) is 5.36. The zero-order valence-electron chi connectivity index (χ0n) is 5.58. The fourth-order valence-electron chi connectivity index (χ4n) is 0.896. The molecule has 0 atom stereocenters. The molecule has 0 fully saturated rings. The van der Waals surface area contributed by atoms with Gasteiger partial charge in [0, 0.05) is 11.5 Å². The van der Waals surface area contributed by atoms with Gasteiger partial charge in [0.2, 0.25) is 0 Å². The van der Waals surface area contributed by atoms with Crippen molar-refractivity contribution in [2.75, 3.05) is 0 Å². The van der Waals surface area contributed by atoms with Gasteiger partial charge in [-0.3, -0.25) is 0 Å². The highest BCUT2D eigenvalue weighted by atomic mass is 19.1. The van der Waals surface area contributed by atoms with E-state index in [0.29, 0.717) is 5.52 Å². The van der Waals surface area contributed by atoms with Crippen molar-refractivity contribution in [3.63, 3.8) is 0 Å². The minimum atomic E-state index is -0.287. The molecule has 0 unspecified atom stereocenters. The number of benzene rings is 1. The Kier molecular flexibility index (Phi) is 1.28. The number of halogens is 1. The second-order valence-electron chi connectivity index (χ2n) is 2.15. The maximum Gasteiger partial charge on any atom is 0.125 e. The van der Waals surface area contributed by atoms with Gasteiger partial charge in [0.25, 0.3) is 0 Å². The molecule has 11 heavy (non-hydrogen) atoms. The molecule has 1 aromatic carbocycles. The van der Waals surface area contributed by atoms with Gasteiger partial charge in [-0.2, -0.15) is 0 Å². The monoisotopic (exact) mass is 147 g/mol. The summed E-state index contributed by atoms with van der Waals surface area (Å²) in [5.41, 5.74) is 0.583. The number of nitrogens with zero attached hydrogens (tertiary/aromatic N) is 2. The average molecular weight is 147 g/mol. The van der Waals surface area contributed by atoms with Crippen LogP contribution in [0.3, 0.4) is 0 Å². The molecule has 53 valence electrons. The van der Waals surface area contributed by atoms with Gasteiger partial charge in [-0.1, -0.05) is 0 Å². The van der Waals surface area contributed by atoms with E-state index in [0.717, 1.165) is 5.39 Å². The van der Waals surface area contributed by atoms with Crippen LogP contribution >= 0.6 is 0 Å². The summed E-state index contributed by atoms with van der Waals surface area (Å²) in [4.78, 5) is 7.54. The summed E-state index contributed by atoms with van der Waals surface area (Å²) >= 11 is 0. The minimum absolute atomic E-state index is 0.287. The molecule has 0 aliphatic carbocycles. The van der Waals surface area contributed by atoms with Gasteiger partial charge in [-0.15, -0.1) is 0 Å². The van der Waals surface area contributed by atoms with Crippen LogP contribution in [0, 0.1) is 12.0 Å². The molecule has 3 heteroatoms. The number of hydrogen-bond acceptors (Lipinski definition) is 2. The lowest BCUT2D eigenvalue weighted by Gasteiger charge is -1.92. The van der Waals surface area contributed by atoms with E-state index in [9.17, 15) is 4.39 Å². The van der Waals surface area contributed by atoms with Crippen molar-refractivity contribution in [2.45, 2.75) is 0 Å². The molecule has 0 aliphatic rings. The Labute approximate surface area is 62.7 Å². The van der Waals surface area contributed by atoms with E-state index in [1.54, 1.807) is 6.07 Å². The third-order valence-electron chi connectivity index (χ3n) is 1.40. The lowest BCUT2D eigenvalue weighted by molar-refractivity contribution is 0.629. The highest BCUT2D eigenvalue weighted by molar-refractivity contribution is 5.76. The van der Waals surface area contributed by atoms with E-state index < -0.39 is 0 Å². The summed E-state index contributed by atoms with van der Waals surface area (Å²) in [5, 5.41) is 0.730. The highest BCUT2D eigenvalue weighted by Crippen LogP contribution is 2.09. The van der Waals surface area contributed by atoms with E-state index in [1.165, 1.54) is 18.5 Å². The molecule has 2 rings (SSSR count). The first-order valence-electron chi connectivity index (χ1n) is 3.14. The summed E-state index contributed by atoms with van der Waals surface area (Å²) in [5.74, 6) is -0.287. The molecule has 2 nitrogen and oxygen atoms in total. The van der Waals surface area contributed by atoms with Crippen molar-refractivity contribution in [3.05, 3.63) is 36.5 Å². The maximum atomic E-state index is 12.6. The topological polar surface area (TPSA) is 25.8 Å². The molecule has 1 heterocycles.